The third-order valence-corrected chi connectivity index (χ3v) is 2.93. The Labute approximate surface area is 85.3 Å². The summed E-state index contributed by atoms with van der Waals surface area (Å²) in [5.74, 6) is 2.56. The molecule has 2 rings (SSSR count). The van der Waals surface area contributed by atoms with E-state index in [-0.39, 0.29) is 0 Å². The second-order valence-corrected chi connectivity index (χ2v) is 3.93. The Hall–Kier alpha value is -1.02. The van der Waals surface area contributed by atoms with Gasteiger partial charge in [-0.3, -0.25) is 0 Å². The Balaban J connectivity index is 1.98. The summed E-state index contributed by atoms with van der Waals surface area (Å²) < 4.78 is 5.13. The van der Waals surface area contributed by atoms with Crippen molar-refractivity contribution in [3.05, 3.63) is 29.8 Å². The quantitative estimate of drug-likeness (QED) is 0.786. The lowest BCUT2D eigenvalue weighted by molar-refractivity contribution is 0.414. The van der Waals surface area contributed by atoms with Gasteiger partial charge >= 0.3 is 0 Å². The molecule has 1 aromatic carbocycles. The van der Waals surface area contributed by atoms with Gasteiger partial charge in [0.1, 0.15) is 5.75 Å². The molecule has 14 heavy (non-hydrogen) atoms. The Morgan fingerprint density at radius 3 is 2.64 bits per heavy atom. The maximum atomic E-state index is 5.13. The summed E-state index contributed by atoms with van der Waals surface area (Å²) in [6.07, 6.45) is 1.33. The van der Waals surface area contributed by atoms with E-state index in [2.05, 4.69) is 17.4 Å². The van der Waals surface area contributed by atoms with Crippen LogP contribution in [0.5, 0.6) is 5.75 Å². The number of rotatable bonds is 4. The fraction of sp³-hybridized carbons (Fsp3) is 0.500. The van der Waals surface area contributed by atoms with Crippen LogP contribution in [0.25, 0.3) is 0 Å². The highest BCUT2D eigenvalue weighted by Crippen LogP contribution is 2.47. The topological polar surface area (TPSA) is 21.3 Å². The molecule has 1 aliphatic carbocycles. The summed E-state index contributed by atoms with van der Waals surface area (Å²) in [5, 5.41) is 3.23. The average molecular weight is 191 g/mol. The van der Waals surface area contributed by atoms with Crippen LogP contribution in [-0.4, -0.2) is 20.7 Å². The van der Waals surface area contributed by atoms with Crippen LogP contribution in [0, 0.1) is 5.92 Å². The first-order valence-electron chi connectivity index (χ1n) is 5.13. The fourth-order valence-electron chi connectivity index (χ4n) is 1.99. The molecular formula is C12H17NO. The predicted molar refractivity (Wildman–Crippen MR) is 57.8 cm³/mol. The molecule has 1 N–H and O–H groups in total. The van der Waals surface area contributed by atoms with Gasteiger partial charge in [-0.05, 0) is 49.5 Å². The van der Waals surface area contributed by atoms with E-state index in [1.165, 1.54) is 12.0 Å². The molecule has 0 bridgehead atoms. The number of hydrogen-bond acceptors (Lipinski definition) is 2. The van der Waals surface area contributed by atoms with Crippen molar-refractivity contribution in [1.82, 2.24) is 5.32 Å². The van der Waals surface area contributed by atoms with Gasteiger partial charge in [0.2, 0.25) is 0 Å². The van der Waals surface area contributed by atoms with Crippen molar-refractivity contribution in [2.75, 3.05) is 20.7 Å². The first kappa shape index (κ1) is 9.53. The maximum Gasteiger partial charge on any atom is 0.118 e. The third-order valence-electron chi connectivity index (χ3n) is 2.93. The lowest BCUT2D eigenvalue weighted by Crippen LogP contribution is -2.10. The number of ether oxygens (including phenoxy) is 1. The first-order chi connectivity index (χ1) is 6.85. The Bertz CT molecular complexity index is 294. The van der Waals surface area contributed by atoms with Crippen molar-refractivity contribution in [2.24, 2.45) is 5.92 Å². The average Bonchev–Trinajstić information content (AvgIpc) is 2.98. The van der Waals surface area contributed by atoms with Crippen molar-refractivity contribution in [2.45, 2.75) is 12.3 Å². The predicted octanol–water partition coefficient (Wildman–Crippen LogP) is 2.02. The smallest absolute Gasteiger partial charge is 0.118 e. The lowest BCUT2D eigenvalue weighted by atomic mass is 10.1. The van der Waals surface area contributed by atoms with Crippen molar-refractivity contribution in [1.29, 1.82) is 0 Å². The molecule has 1 aliphatic rings. The van der Waals surface area contributed by atoms with Gasteiger partial charge in [-0.2, -0.15) is 0 Å². The number of hydrogen-bond donors (Lipinski definition) is 1. The number of benzene rings is 1. The summed E-state index contributed by atoms with van der Waals surface area (Å²) in [6.45, 7) is 1.14. The second kappa shape index (κ2) is 4.01. The molecule has 0 radical (unpaired) electrons. The van der Waals surface area contributed by atoms with Crippen LogP contribution in [0.4, 0.5) is 0 Å². The van der Waals surface area contributed by atoms with E-state index < -0.39 is 0 Å². The van der Waals surface area contributed by atoms with Crippen LogP contribution in [-0.2, 0) is 0 Å². The molecule has 2 nitrogen and oxygen atoms in total. The van der Waals surface area contributed by atoms with Gasteiger partial charge in [0, 0.05) is 0 Å². The molecule has 1 saturated carbocycles. The highest BCUT2D eigenvalue weighted by Gasteiger charge is 2.37. The highest BCUT2D eigenvalue weighted by molar-refractivity contribution is 5.32. The molecule has 0 aromatic heterocycles. The molecule has 0 spiro atoms. The van der Waals surface area contributed by atoms with Gasteiger partial charge in [0.25, 0.3) is 0 Å². The largest absolute Gasteiger partial charge is 0.497 e. The van der Waals surface area contributed by atoms with E-state index in [0.29, 0.717) is 0 Å². The van der Waals surface area contributed by atoms with Crippen LogP contribution in [0.2, 0.25) is 0 Å². The molecule has 0 saturated heterocycles. The molecule has 2 atom stereocenters. The third kappa shape index (κ3) is 1.90. The summed E-state index contributed by atoms with van der Waals surface area (Å²) in [7, 11) is 3.72. The van der Waals surface area contributed by atoms with Gasteiger partial charge < -0.3 is 10.1 Å². The molecule has 76 valence electrons. The van der Waals surface area contributed by atoms with Gasteiger partial charge in [0.15, 0.2) is 0 Å². The molecule has 0 aliphatic heterocycles. The van der Waals surface area contributed by atoms with E-state index in [0.717, 1.165) is 24.1 Å². The molecule has 0 heterocycles. The molecule has 2 unspecified atom stereocenters. The summed E-state index contributed by atoms with van der Waals surface area (Å²) >= 11 is 0. The standard InChI is InChI=1S/C12H17NO/c1-13-8-10-7-12(10)9-3-5-11(14-2)6-4-9/h3-6,10,12-13H,7-8H2,1-2H3. The van der Waals surface area contributed by atoms with Crippen molar-refractivity contribution in [3.63, 3.8) is 0 Å². The summed E-state index contributed by atoms with van der Waals surface area (Å²) in [4.78, 5) is 0. The maximum absolute atomic E-state index is 5.13. The van der Waals surface area contributed by atoms with Crippen LogP contribution in [0.3, 0.4) is 0 Å². The van der Waals surface area contributed by atoms with Crippen LogP contribution < -0.4 is 10.1 Å². The Kier molecular flexibility index (Phi) is 2.73. The van der Waals surface area contributed by atoms with E-state index in [4.69, 9.17) is 4.74 Å². The monoisotopic (exact) mass is 191 g/mol. The highest BCUT2D eigenvalue weighted by atomic mass is 16.5. The van der Waals surface area contributed by atoms with Gasteiger partial charge in [-0.15, -0.1) is 0 Å². The van der Waals surface area contributed by atoms with Crippen molar-refractivity contribution >= 4 is 0 Å². The van der Waals surface area contributed by atoms with Crippen molar-refractivity contribution < 1.29 is 4.74 Å². The lowest BCUT2D eigenvalue weighted by Gasteiger charge is -2.02. The van der Waals surface area contributed by atoms with Crippen LogP contribution in [0.1, 0.15) is 17.9 Å². The van der Waals surface area contributed by atoms with Gasteiger partial charge in [-0.1, -0.05) is 12.1 Å². The van der Waals surface area contributed by atoms with Gasteiger partial charge in [0.05, 0.1) is 7.11 Å². The fourth-order valence-corrected chi connectivity index (χ4v) is 1.99. The molecule has 1 fully saturated rings. The minimum absolute atomic E-state index is 0.772. The zero-order valence-corrected chi connectivity index (χ0v) is 8.79. The zero-order valence-electron chi connectivity index (χ0n) is 8.79. The van der Waals surface area contributed by atoms with E-state index >= 15 is 0 Å². The van der Waals surface area contributed by atoms with E-state index in [1.54, 1.807) is 7.11 Å². The number of nitrogens with one attached hydrogen (secondary N) is 1. The molecule has 0 amide bonds. The molecule has 2 heteroatoms. The molecular weight excluding hydrogens is 174 g/mol. The van der Waals surface area contributed by atoms with Crippen molar-refractivity contribution in [3.8, 4) is 5.75 Å². The summed E-state index contributed by atoms with van der Waals surface area (Å²) in [5.41, 5.74) is 1.45. The summed E-state index contributed by atoms with van der Waals surface area (Å²) in [6, 6.07) is 8.45. The van der Waals surface area contributed by atoms with E-state index in [9.17, 15) is 0 Å². The first-order valence-corrected chi connectivity index (χ1v) is 5.13. The molecule has 1 aromatic rings. The number of methoxy groups -OCH3 is 1. The van der Waals surface area contributed by atoms with Crippen LogP contribution >= 0.6 is 0 Å². The van der Waals surface area contributed by atoms with Gasteiger partial charge in [-0.25, -0.2) is 0 Å². The van der Waals surface area contributed by atoms with Crippen LogP contribution in [0.15, 0.2) is 24.3 Å². The Morgan fingerprint density at radius 2 is 2.07 bits per heavy atom. The minimum Gasteiger partial charge on any atom is -0.497 e. The van der Waals surface area contributed by atoms with E-state index in [1.807, 2.05) is 19.2 Å². The Morgan fingerprint density at radius 1 is 1.36 bits per heavy atom. The minimum atomic E-state index is 0.772. The zero-order chi connectivity index (χ0) is 9.97. The normalized spacial score (nSPS) is 24.7. The SMILES string of the molecule is CNCC1CC1c1ccc(OC)cc1. The second-order valence-electron chi connectivity index (χ2n) is 3.93.